The van der Waals surface area contributed by atoms with Crippen molar-refractivity contribution in [2.45, 2.75) is 26.0 Å². The number of rotatable bonds is 7. The Morgan fingerprint density at radius 1 is 1.28 bits per heavy atom. The molecule has 0 aliphatic rings. The molecule has 7 heteroatoms. The SMILES string of the molecule is CCCN(C(=O)OCc1ccccc1)C(C(=O)O)c1cncc(Br)c1. The number of pyridine rings is 1. The van der Waals surface area contributed by atoms with Crippen LogP contribution >= 0.6 is 15.9 Å². The van der Waals surface area contributed by atoms with Crippen LogP contribution in [0.5, 0.6) is 0 Å². The Kier molecular flexibility index (Phi) is 6.94. The summed E-state index contributed by atoms with van der Waals surface area (Å²) in [5.41, 5.74) is 1.25. The second kappa shape index (κ2) is 9.17. The number of carboxylic acids is 1. The maximum atomic E-state index is 12.5. The number of amides is 1. The molecule has 0 fully saturated rings. The number of halogens is 1. The number of hydrogen-bond acceptors (Lipinski definition) is 4. The highest BCUT2D eigenvalue weighted by Gasteiger charge is 2.32. The molecule has 1 aromatic heterocycles. The fraction of sp³-hybridized carbons (Fsp3) is 0.278. The molecule has 1 heterocycles. The van der Waals surface area contributed by atoms with Crippen molar-refractivity contribution >= 4 is 28.0 Å². The van der Waals surface area contributed by atoms with Gasteiger partial charge in [0, 0.05) is 29.0 Å². The van der Waals surface area contributed by atoms with Crippen LogP contribution in [0.1, 0.15) is 30.5 Å². The van der Waals surface area contributed by atoms with Crippen molar-refractivity contribution in [3.05, 3.63) is 64.4 Å². The number of carbonyl (C=O) groups is 2. The largest absolute Gasteiger partial charge is 0.479 e. The molecule has 0 bridgehead atoms. The van der Waals surface area contributed by atoms with E-state index in [4.69, 9.17) is 4.74 Å². The van der Waals surface area contributed by atoms with Gasteiger partial charge in [0.05, 0.1) is 0 Å². The maximum Gasteiger partial charge on any atom is 0.411 e. The molecule has 0 radical (unpaired) electrons. The predicted octanol–water partition coefficient (Wildman–Crippen LogP) is 4.02. The summed E-state index contributed by atoms with van der Waals surface area (Å²) in [6, 6.07) is 9.72. The summed E-state index contributed by atoms with van der Waals surface area (Å²) >= 11 is 3.28. The van der Waals surface area contributed by atoms with Crippen LogP contribution in [0.25, 0.3) is 0 Å². The van der Waals surface area contributed by atoms with Crippen LogP contribution in [0.4, 0.5) is 4.79 Å². The van der Waals surface area contributed by atoms with E-state index in [0.29, 0.717) is 16.5 Å². The topological polar surface area (TPSA) is 79.7 Å². The summed E-state index contributed by atoms with van der Waals surface area (Å²) in [6.07, 6.45) is 2.93. The number of carboxylic acid groups (broad SMARTS) is 1. The van der Waals surface area contributed by atoms with Crippen molar-refractivity contribution in [3.63, 3.8) is 0 Å². The quantitative estimate of drug-likeness (QED) is 0.750. The average Bonchev–Trinajstić information content (AvgIpc) is 2.60. The third-order valence-electron chi connectivity index (χ3n) is 3.49. The standard InChI is InChI=1S/C18H19BrN2O4/c1-2-8-21(18(24)25-12-13-6-4-3-5-7-13)16(17(22)23)14-9-15(19)11-20-10-14/h3-7,9-11,16H,2,8,12H2,1H3,(H,22,23). The number of benzene rings is 1. The number of aliphatic carboxylic acids is 1. The summed E-state index contributed by atoms with van der Waals surface area (Å²) in [5.74, 6) is -1.13. The van der Waals surface area contributed by atoms with Gasteiger partial charge in [-0.3, -0.25) is 9.88 Å². The second-order valence-corrected chi connectivity index (χ2v) is 6.33. The van der Waals surface area contributed by atoms with E-state index in [1.165, 1.54) is 11.1 Å². The lowest BCUT2D eigenvalue weighted by atomic mass is 10.1. The molecule has 0 aliphatic carbocycles. The van der Waals surface area contributed by atoms with Crippen LogP contribution in [0.15, 0.2) is 53.3 Å². The summed E-state index contributed by atoms with van der Waals surface area (Å²) < 4.78 is 5.96. The van der Waals surface area contributed by atoms with Crippen LogP contribution in [0.3, 0.4) is 0 Å². The van der Waals surface area contributed by atoms with E-state index < -0.39 is 18.1 Å². The lowest BCUT2D eigenvalue weighted by Crippen LogP contribution is -2.40. The molecule has 0 spiro atoms. The van der Waals surface area contributed by atoms with Gasteiger partial charge in [-0.15, -0.1) is 0 Å². The lowest BCUT2D eigenvalue weighted by molar-refractivity contribution is -0.143. The first kappa shape index (κ1) is 18.9. The molecule has 0 saturated heterocycles. The third-order valence-corrected chi connectivity index (χ3v) is 3.93. The smallest absolute Gasteiger partial charge is 0.411 e. The maximum absolute atomic E-state index is 12.5. The monoisotopic (exact) mass is 406 g/mol. The van der Waals surface area contributed by atoms with Crippen LogP contribution in [0.2, 0.25) is 0 Å². The van der Waals surface area contributed by atoms with Crippen LogP contribution in [0, 0.1) is 0 Å². The average molecular weight is 407 g/mol. The van der Waals surface area contributed by atoms with Gasteiger partial charge in [-0.25, -0.2) is 9.59 Å². The summed E-state index contributed by atoms with van der Waals surface area (Å²) in [7, 11) is 0. The number of aromatic nitrogens is 1. The van der Waals surface area contributed by atoms with Crippen LogP contribution in [-0.4, -0.2) is 33.6 Å². The van der Waals surface area contributed by atoms with Gasteiger partial charge in [-0.1, -0.05) is 37.3 Å². The first-order valence-electron chi connectivity index (χ1n) is 7.83. The number of nitrogens with zero attached hydrogens (tertiary/aromatic N) is 2. The number of hydrogen-bond donors (Lipinski definition) is 1. The Labute approximate surface area is 154 Å². The van der Waals surface area contributed by atoms with Gasteiger partial charge in [0.2, 0.25) is 0 Å². The van der Waals surface area contributed by atoms with Crippen LogP contribution < -0.4 is 0 Å². The molecule has 1 atom stereocenters. The van der Waals surface area contributed by atoms with Gasteiger partial charge >= 0.3 is 12.1 Å². The molecule has 6 nitrogen and oxygen atoms in total. The van der Waals surface area contributed by atoms with E-state index in [1.807, 2.05) is 37.3 Å². The van der Waals surface area contributed by atoms with Gasteiger partial charge in [0.1, 0.15) is 6.61 Å². The number of ether oxygens (including phenoxy) is 1. The molecule has 1 N–H and O–H groups in total. The first-order chi connectivity index (χ1) is 12.0. The Balaban J connectivity index is 2.20. The van der Waals surface area contributed by atoms with Crippen molar-refractivity contribution in [1.82, 2.24) is 9.88 Å². The van der Waals surface area contributed by atoms with Crippen molar-refractivity contribution in [2.75, 3.05) is 6.54 Å². The van der Waals surface area contributed by atoms with Crippen molar-refractivity contribution in [2.24, 2.45) is 0 Å². The van der Waals surface area contributed by atoms with E-state index in [9.17, 15) is 14.7 Å². The zero-order chi connectivity index (χ0) is 18.2. The fourth-order valence-electron chi connectivity index (χ4n) is 2.40. The van der Waals surface area contributed by atoms with Crippen LogP contribution in [-0.2, 0) is 16.1 Å². The second-order valence-electron chi connectivity index (χ2n) is 5.41. The molecule has 25 heavy (non-hydrogen) atoms. The van der Waals surface area contributed by atoms with Crippen molar-refractivity contribution in [3.8, 4) is 0 Å². The minimum atomic E-state index is -1.16. The van der Waals surface area contributed by atoms with Gasteiger partial charge in [0.25, 0.3) is 0 Å². The Morgan fingerprint density at radius 2 is 2.00 bits per heavy atom. The molecule has 2 rings (SSSR count). The molecule has 0 saturated carbocycles. The summed E-state index contributed by atoms with van der Waals surface area (Å²) in [6.45, 7) is 2.22. The molecule has 2 aromatic rings. The predicted molar refractivity (Wildman–Crippen MR) is 95.9 cm³/mol. The number of carbonyl (C=O) groups excluding carboxylic acids is 1. The van der Waals surface area contributed by atoms with E-state index in [0.717, 1.165) is 5.56 Å². The molecular weight excluding hydrogens is 388 g/mol. The Bertz CT molecular complexity index is 724. The molecule has 0 aliphatic heterocycles. The Hall–Kier alpha value is -2.41. The Morgan fingerprint density at radius 3 is 2.60 bits per heavy atom. The minimum absolute atomic E-state index is 0.0863. The van der Waals surface area contributed by atoms with E-state index in [2.05, 4.69) is 20.9 Å². The summed E-state index contributed by atoms with van der Waals surface area (Å²) in [5, 5.41) is 9.66. The zero-order valence-electron chi connectivity index (χ0n) is 13.8. The molecule has 1 aromatic carbocycles. The summed E-state index contributed by atoms with van der Waals surface area (Å²) in [4.78, 5) is 29.5. The molecule has 132 valence electrons. The highest BCUT2D eigenvalue weighted by Crippen LogP contribution is 2.24. The fourth-order valence-corrected chi connectivity index (χ4v) is 2.79. The molecular formula is C18H19BrN2O4. The van der Waals surface area contributed by atoms with Crippen molar-refractivity contribution in [1.29, 1.82) is 0 Å². The highest BCUT2D eigenvalue weighted by molar-refractivity contribution is 9.10. The lowest BCUT2D eigenvalue weighted by Gasteiger charge is -2.28. The minimum Gasteiger partial charge on any atom is -0.479 e. The van der Waals surface area contributed by atoms with Gasteiger partial charge in [-0.05, 0) is 34.0 Å². The molecule has 1 unspecified atom stereocenters. The third kappa shape index (κ3) is 5.29. The van der Waals surface area contributed by atoms with E-state index in [1.54, 1.807) is 12.3 Å². The van der Waals surface area contributed by atoms with Crippen molar-refractivity contribution < 1.29 is 19.4 Å². The normalized spacial score (nSPS) is 11.6. The van der Waals surface area contributed by atoms with E-state index in [-0.39, 0.29) is 13.2 Å². The van der Waals surface area contributed by atoms with Gasteiger partial charge in [-0.2, -0.15) is 0 Å². The van der Waals surface area contributed by atoms with Gasteiger partial charge in [0.15, 0.2) is 6.04 Å². The van der Waals surface area contributed by atoms with Gasteiger partial charge < -0.3 is 9.84 Å². The molecule has 1 amide bonds. The van der Waals surface area contributed by atoms with E-state index >= 15 is 0 Å². The first-order valence-corrected chi connectivity index (χ1v) is 8.62. The zero-order valence-corrected chi connectivity index (χ0v) is 15.3. The highest BCUT2D eigenvalue weighted by atomic mass is 79.9.